The van der Waals surface area contributed by atoms with Gasteiger partial charge in [0.2, 0.25) is 0 Å². The van der Waals surface area contributed by atoms with E-state index in [0.717, 1.165) is 12.1 Å². The lowest BCUT2D eigenvalue weighted by atomic mass is 10.2. The Kier molecular flexibility index (Phi) is 3.79. The van der Waals surface area contributed by atoms with Crippen LogP contribution < -0.4 is 11.1 Å². The molecule has 104 valence electrons. The molecule has 8 heteroatoms. The Hall–Kier alpha value is -1.57. The van der Waals surface area contributed by atoms with Crippen molar-refractivity contribution in [2.45, 2.75) is 17.2 Å². The molecule has 1 aliphatic heterocycles. The second-order valence-electron chi connectivity index (χ2n) is 3.97. The molecular formula is C11H11F3N2O2S. The van der Waals surface area contributed by atoms with E-state index in [1.54, 1.807) is 0 Å². The Labute approximate surface area is 111 Å². The summed E-state index contributed by atoms with van der Waals surface area (Å²) < 4.78 is 42.2. The SMILES string of the molecule is Nc1cc(C(F)(F)F)ccc1SCC1CNC(=O)O1. The van der Waals surface area contributed by atoms with E-state index >= 15 is 0 Å². The molecule has 0 radical (unpaired) electrons. The van der Waals surface area contributed by atoms with Crippen molar-refractivity contribution < 1.29 is 22.7 Å². The van der Waals surface area contributed by atoms with Crippen LogP contribution in [0, 0.1) is 0 Å². The number of nitrogens with one attached hydrogen (secondary N) is 1. The van der Waals surface area contributed by atoms with Crippen LogP contribution in [0.2, 0.25) is 0 Å². The molecule has 0 spiro atoms. The van der Waals surface area contributed by atoms with Gasteiger partial charge in [0.15, 0.2) is 0 Å². The minimum absolute atomic E-state index is 0.0668. The molecule has 1 amide bonds. The summed E-state index contributed by atoms with van der Waals surface area (Å²) >= 11 is 1.26. The number of hydrogen-bond donors (Lipinski definition) is 2. The summed E-state index contributed by atoms with van der Waals surface area (Å²) in [6.45, 7) is 0.395. The number of benzene rings is 1. The number of ether oxygens (including phenoxy) is 1. The van der Waals surface area contributed by atoms with Gasteiger partial charge in [0.05, 0.1) is 12.1 Å². The van der Waals surface area contributed by atoms with Gasteiger partial charge in [-0.3, -0.25) is 0 Å². The fourth-order valence-corrected chi connectivity index (χ4v) is 2.50. The van der Waals surface area contributed by atoms with Crippen molar-refractivity contribution in [3.63, 3.8) is 0 Å². The second kappa shape index (κ2) is 5.20. The average molecular weight is 292 g/mol. The largest absolute Gasteiger partial charge is 0.443 e. The van der Waals surface area contributed by atoms with Gasteiger partial charge in [-0.2, -0.15) is 13.2 Å². The van der Waals surface area contributed by atoms with Crippen LogP contribution in [0.15, 0.2) is 23.1 Å². The molecule has 4 nitrogen and oxygen atoms in total. The van der Waals surface area contributed by atoms with Crippen LogP contribution in [-0.4, -0.2) is 24.5 Å². The molecule has 0 aromatic heterocycles. The molecule has 2 rings (SSSR count). The number of amides is 1. The van der Waals surface area contributed by atoms with E-state index in [0.29, 0.717) is 17.2 Å². The zero-order valence-electron chi connectivity index (χ0n) is 9.66. The topological polar surface area (TPSA) is 64.3 Å². The van der Waals surface area contributed by atoms with Gasteiger partial charge < -0.3 is 15.8 Å². The van der Waals surface area contributed by atoms with Crippen molar-refractivity contribution in [2.24, 2.45) is 0 Å². The van der Waals surface area contributed by atoms with Gasteiger partial charge in [-0.1, -0.05) is 0 Å². The van der Waals surface area contributed by atoms with Crippen LogP contribution in [-0.2, 0) is 10.9 Å². The van der Waals surface area contributed by atoms with Crippen LogP contribution in [0.1, 0.15) is 5.56 Å². The molecule has 0 aliphatic carbocycles. The lowest BCUT2D eigenvalue weighted by Crippen LogP contribution is -2.16. The first kappa shape index (κ1) is 13.9. The highest BCUT2D eigenvalue weighted by Crippen LogP contribution is 2.34. The average Bonchev–Trinajstić information content (AvgIpc) is 2.72. The number of thioether (sulfide) groups is 1. The Morgan fingerprint density at radius 2 is 2.21 bits per heavy atom. The van der Waals surface area contributed by atoms with E-state index in [9.17, 15) is 18.0 Å². The molecular weight excluding hydrogens is 281 g/mol. The quantitative estimate of drug-likeness (QED) is 0.663. The summed E-state index contributed by atoms with van der Waals surface area (Å²) in [4.78, 5) is 11.3. The fourth-order valence-electron chi connectivity index (χ4n) is 1.56. The molecule has 1 aromatic rings. The molecule has 1 atom stereocenters. The van der Waals surface area contributed by atoms with Crippen molar-refractivity contribution >= 4 is 23.5 Å². The number of carbonyl (C=O) groups is 1. The van der Waals surface area contributed by atoms with Gasteiger partial charge in [0.25, 0.3) is 0 Å². The molecule has 0 bridgehead atoms. The second-order valence-corrected chi connectivity index (χ2v) is 5.03. The van der Waals surface area contributed by atoms with Crippen molar-refractivity contribution in [3.05, 3.63) is 23.8 Å². The zero-order valence-corrected chi connectivity index (χ0v) is 10.5. The number of carbonyl (C=O) groups excluding carboxylic acids is 1. The van der Waals surface area contributed by atoms with Crippen LogP contribution >= 0.6 is 11.8 Å². The summed E-state index contributed by atoms with van der Waals surface area (Å²) in [6, 6.07) is 3.21. The highest BCUT2D eigenvalue weighted by molar-refractivity contribution is 7.99. The highest BCUT2D eigenvalue weighted by Gasteiger charge is 2.31. The maximum Gasteiger partial charge on any atom is 0.416 e. The van der Waals surface area contributed by atoms with Crippen LogP contribution in [0.3, 0.4) is 0 Å². The third-order valence-corrected chi connectivity index (χ3v) is 3.73. The number of hydrogen-bond acceptors (Lipinski definition) is 4. The molecule has 3 N–H and O–H groups in total. The molecule has 19 heavy (non-hydrogen) atoms. The summed E-state index contributed by atoms with van der Waals surface area (Å²) in [5.41, 5.74) is 4.88. The minimum atomic E-state index is -4.40. The highest BCUT2D eigenvalue weighted by atomic mass is 32.2. The molecule has 1 fully saturated rings. The van der Waals surface area contributed by atoms with E-state index < -0.39 is 17.8 Å². The number of anilines is 1. The standard InChI is InChI=1S/C11H11F3N2O2S/c12-11(13,14)6-1-2-9(8(15)3-6)19-5-7-4-16-10(17)18-7/h1-3,7H,4-5,15H2,(H,16,17). The monoisotopic (exact) mass is 292 g/mol. The van der Waals surface area contributed by atoms with Crippen molar-refractivity contribution in [1.29, 1.82) is 0 Å². The molecule has 0 saturated carbocycles. The number of nitrogen functional groups attached to an aromatic ring is 1. The minimum Gasteiger partial charge on any atom is -0.443 e. The Balaban J connectivity index is 1.99. The van der Waals surface area contributed by atoms with Gasteiger partial charge in [-0.05, 0) is 18.2 Å². The van der Waals surface area contributed by atoms with Crippen molar-refractivity contribution in [1.82, 2.24) is 5.32 Å². The molecule has 1 unspecified atom stereocenters. The first-order valence-electron chi connectivity index (χ1n) is 5.40. The van der Waals surface area contributed by atoms with Gasteiger partial charge in [-0.25, -0.2) is 4.79 Å². The molecule has 1 aromatic carbocycles. The summed E-state index contributed by atoms with van der Waals surface area (Å²) in [5.74, 6) is 0.439. The predicted molar refractivity (Wildman–Crippen MR) is 64.9 cm³/mol. The third kappa shape index (κ3) is 3.46. The summed E-state index contributed by atoms with van der Waals surface area (Å²) in [6.07, 6.45) is -5.17. The summed E-state index contributed by atoms with van der Waals surface area (Å²) in [5, 5.41) is 2.49. The fraction of sp³-hybridized carbons (Fsp3) is 0.364. The first-order valence-corrected chi connectivity index (χ1v) is 6.39. The van der Waals surface area contributed by atoms with Gasteiger partial charge >= 0.3 is 12.3 Å². The maximum absolute atomic E-state index is 12.4. The number of nitrogens with two attached hydrogens (primary N) is 1. The van der Waals surface area contributed by atoms with Crippen molar-refractivity contribution in [3.8, 4) is 0 Å². The number of alkyl halides is 3. The lowest BCUT2D eigenvalue weighted by Gasteiger charge is -2.12. The van der Waals surface area contributed by atoms with Crippen LogP contribution in [0.5, 0.6) is 0 Å². The van der Waals surface area contributed by atoms with E-state index in [2.05, 4.69) is 5.32 Å². The summed E-state index contributed by atoms with van der Waals surface area (Å²) in [7, 11) is 0. The van der Waals surface area contributed by atoms with E-state index in [1.807, 2.05) is 0 Å². The molecule has 1 saturated heterocycles. The van der Waals surface area contributed by atoms with Gasteiger partial charge in [-0.15, -0.1) is 11.8 Å². The van der Waals surface area contributed by atoms with Crippen LogP contribution in [0.4, 0.5) is 23.7 Å². The predicted octanol–water partition coefficient (Wildman–Crippen LogP) is 2.49. The van der Waals surface area contributed by atoms with E-state index in [-0.39, 0.29) is 11.8 Å². The number of alkyl carbamates (subject to hydrolysis) is 1. The van der Waals surface area contributed by atoms with Gasteiger partial charge in [0, 0.05) is 16.3 Å². The number of halogens is 3. The normalized spacial score (nSPS) is 19.1. The number of cyclic esters (lactones) is 1. The van der Waals surface area contributed by atoms with Crippen molar-refractivity contribution in [2.75, 3.05) is 18.0 Å². The number of rotatable bonds is 3. The van der Waals surface area contributed by atoms with E-state index in [1.165, 1.54) is 17.8 Å². The third-order valence-electron chi connectivity index (χ3n) is 2.51. The Bertz CT molecular complexity index is 493. The van der Waals surface area contributed by atoms with Gasteiger partial charge in [0.1, 0.15) is 6.10 Å². The lowest BCUT2D eigenvalue weighted by molar-refractivity contribution is -0.137. The van der Waals surface area contributed by atoms with E-state index in [4.69, 9.17) is 10.5 Å². The molecule has 1 heterocycles. The molecule has 1 aliphatic rings. The first-order chi connectivity index (χ1) is 8.86. The van der Waals surface area contributed by atoms with Crippen LogP contribution in [0.25, 0.3) is 0 Å². The maximum atomic E-state index is 12.4. The Morgan fingerprint density at radius 3 is 2.74 bits per heavy atom. The Morgan fingerprint density at radius 1 is 1.47 bits per heavy atom. The zero-order chi connectivity index (χ0) is 14.0. The smallest absolute Gasteiger partial charge is 0.416 e.